The molecule has 0 atom stereocenters. The van der Waals surface area contributed by atoms with Crippen molar-refractivity contribution in [3.63, 3.8) is 0 Å². The van der Waals surface area contributed by atoms with Crippen LogP contribution in [0.1, 0.15) is 0 Å². The first-order valence-electron chi connectivity index (χ1n) is 7.93. The van der Waals surface area contributed by atoms with Crippen molar-refractivity contribution in [2.24, 2.45) is 0 Å². The number of fused-ring (bicyclic) bond motifs is 1. The number of anilines is 1. The average Bonchev–Trinajstić information content (AvgIpc) is 3.29. The number of sulfonamides is 1. The second kappa shape index (κ2) is 7.01. The van der Waals surface area contributed by atoms with E-state index < -0.39 is 15.5 Å². The quantitative estimate of drug-likeness (QED) is 0.436. The molecular formula is C17H10ClF3N4O2S2. The molecule has 3 aromatic heterocycles. The molecule has 0 amide bonds. The number of nitrogens with zero attached hydrogens (tertiary/aromatic N) is 2. The lowest BCUT2D eigenvalue weighted by Crippen LogP contribution is -2.29. The first kappa shape index (κ1) is 19.7. The van der Waals surface area contributed by atoms with Gasteiger partial charge in [-0.1, -0.05) is 11.6 Å². The summed E-state index contributed by atoms with van der Waals surface area (Å²) in [7, 11) is -5.52. The standard InChI is InChI=1S/C17H10ClF3N4O2S2/c18-13-7-9(25-29(26,27)17(19,20)21)1-2-12(13)14-8-28-16(24-14)11-4-6-23-15-10(11)3-5-22-15/h1-8,25H,(H,22,23). The molecule has 1 aromatic carbocycles. The Morgan fingerprint density at radius 2 is 1.93 bits per heavy atom. The van der Waals surface area contributed by atoms with Crippen molar-refractivity contribution >= 4 is 49.7 Å². The fraction of sp³-hybridized carbons (Fsp3) is 0.0588. The van der Waals surface area contributed by atoms with Gasteiger partial charge in [0.2, 0.25) is 0 Å². The van der Waals surface area contributed by atoms with Gasteiger partial charge < -0.3 is 4.98 Å². The number of aromatic amines is 1. The van der Waals surface area contributed by atoms with Crippen LogP contribution in [0.3, 0.4) is 0 Å². The molecule has 0 spiro atoms. The molecular weight excluding hydrogens is 449 g/mol. The minimum absolute atomic E-state index is 0.0609. The summed E-state index contributed by atoms with van der Waals surface area (Å²) in [4.78, 5) is 11.8. The molecule has 0 aliphatic heterocycles. The number of alkyl halides is 3. The van der Waals surface area contributed by atoms with Crippen molar-refractivity contribution in [2.45, 2.75) is 5.51 Å². The summed E-state index contributed by atoms with van der Waals surface area (Å²) in [6.45, 7) is 0. The van der Waals surface area contributed by atoms with Crippen molar-refractivity contribution in [2.75, 3.05) is 4.72 Å². The summed E-state index contributed by atoms with van der Waals surface area (Å²) in [5.74, 6) is 0. The first-order chi connectivity index (χ1) is 13.7. The third-order valence-electron chi connectivity index (χ3n) is 4.00. The number of halogens is 4. The predicted octanol–water partition coefficient (Wildman–Crippen LogP) is 5.27. The summed E-state index contributed by atoms with van der Waals surface area (Å²) >= 11 is 7.54. The molecule has 3 heterocycles. The zero-order chi connectivity index (χ0) is 20.8. The Kier molecular flexibility index (Phi) is 4.75. The summed E-state index contributed by atoms with van der Waals surface area (Å²) in [6, 6.07) is 7.42. The highest BCUT2D eigenvalue weighted by Gasteiger charge is 2.46. The van der Waals surface area contributed by atoms with Gasteiger partial charge in [0.1, 0.15) is 10.7 Å². The van der Waals surface area contributed by atoms with Crippen molar-refractivity contribution in [3.8, 4) is 21.8 Å². The Morgan fingerprint density at radius 3 is 2.66 bits per heavy atom. The fourth-order valence-electron chi connectivity index (χ4n) is 2.67. The number of hydrogen-bond donors (Lipinski definition) is 2. The van der Waals surface area contributed by atoms with Gasteiger partial charge in [-0.15, -0.1) is 11.3 Å². The van der Waals surface area contributed by atoms with Gasteiger partial charge in [0, 0.05) is 34.3 Å². The van der Waals surface area contributed by atoms with Gasteiger partial charge in [0.05, 0.1) is 16.4 Å². The second-order valence-electron chi connectivity index (χ2n) is 5.88. The Hall–Kier alpha value is -2.63. The number of pyridine rings is 1. The number of benzene rings is 1. The normalized spacial score (nSPS) is 12.4. The summed E-state index contributed by atoms with van der Waals surface area (Å²) in [5, 5.41) is 3.43. The number of nitrogens with one attached hydrogen (secondary N) is 2. The predicted molar refractivity (Wildman–Crippen MR) is 106 cm³/mol. The number of hydrogen-bond acceptors (Lipinski definition) is 5. The SMILES string of the molecule is O=S(=O)(Nc1ccc(-c2csc(-c3ccnc4[nH]ccc34)n2)c(Cl)c1)C(F)(F)F. The molecule has 12 heteroatoms. The summed E-state index contributed by atoms with van der Waals surface area (Å²) in [5.41, 5.74) is -3.15. The van der Waals surface area contributed by atoms with Crippen molar-refractivity contribution < 1.29 is 21.6 Å². The number of aromatic nitrogens is 3. The van der Waals surface area contributed by atoms with E-state index in [1.807, 2.05) is 12.1 Å². The molecule has 0 bridgehead atoms. The van der Waals surface area contributed by atoms with E-state index in [1.54, 1.807) is 17.8 Å². The van der Waals surface area contributed by atoms with Gasteiger partial charge in [0.15, 0.2) is 0 Å². The molecule has 0 unspecified atom stereocenters. The molecule has 6 nitrogen and oxygen atoms in total. The highest BCUT2D eigenvalue weighted by Crippen LogP contribution is 2.36. The van der Waals surface area contributed by atoms with Crippen LogP contribution in [0.5, 0.6) is 0 Å². The molecule has 0 saturated carbocycles. The lowest BCUT2D eigenvalue weighted by atomic mass is 10.1. The summed E-state index contributed by atoms with van der Waals surface area (Å²) in [6.07, 6.45) is 3.43. The van der Waals surface area contributed by atoms with Crippen LogP contribution in [0, 0.1) is 0 Å². The molecule has 29 heavy (non-hydrogen) atoms. The maximum absolute atomic E-state index is 12.5. The smallest absolute Gasteiger partial charge is 0.346 e. The third kappa shape index (κ3) is 3.68. The molecule has 0 fully saturated rings. The third-order valence-corrected chi connectivity index (χ3v) is 6.30. The zero-order valence-electron chi connectivity index (χ0n) is 14.2. The van der Waals surface area contributed by atoms with Crippen LogP contribution in [0.2, 0.25) is 5.02 Å². The van der Waals surface area contributed by atoms with Crippen LogP contribution in [0.15, 0.2) is 48.1 Å². The average molecular weight is 459 g/mol. The van der Waals surface area contributed by atoms with E-state index in [0.29, 0.717) is 16.3 Å². The highest BCUT2D eigenvalue weighted by atomic mass is 35.5. The molecule has 0 saturated heterocycles. The van der Waals surface area contributed by atoms with E-state index in [4.69, 9.17) is 11.6 Å². The maximum Gasteiger partial charge on any atom is 0.516 e. The Bertz CT molecular complexity index is 1320. The van der Waals surface area contributed by atoms with E-state index in [2.05, 4.69) is 15.0 Å². The van der Waals surface area contributed by atoms with E-state index in [-0.39, 0.29) is 10.7 Å². The fourth-order valence-corrected chi connectivity index (χ4v) is 4.36. The van der Waals surface area contributed by atoms with E-state index >= 15 is 0 Å². The molecule has 2 N–H and O–H groups in total. The minimum atomic E-state index is -5.52. The first-order valence-corrected chi connectivity index (χ1v) is 10.7. The van der Waals surface area contributed by atoms with E-state index in [1.165, 1.54) is 28.2 Å². The Balaban J connectivity index is 1.66. The monoisotopic (exact) mass is 458 g/mol. The van der Waals surface area contributed by atoms with Crippen LogP contribution >= 0.6 is 22.9 Å². The maximum atomic E-state index is 12.5. The molecule has 150 valence electrons. The zero-order valence-corrected chi connectivity index (χ0v) is 16.5. The Labute approximate surface area is 171 Å². The number of H-pyrrole nitrogens is 1. The van der Waals surface area contributed by atoms with E-state index in [9.17, 15) is 21.6 Å². The molecule has 4 aromatic rings. The second-order valence-corrected chi connectivity index (χ2v) is 8.82. The highest BCUT2D eigenvalue weighted by molar-refractivity contribution is 7.93. The van der Waals surface area contributed by atoms with Crippen LogP contribution in [0.4, 0.5) is 18.9 Å². The van der Waals surface area contributed by atoms with Gasteiger partial charge in [-0.2, -0.15) is 21.6 Å². The molecule has 0 aliphatic carbocycles. The lowest BCUT2D eigenvalue weighted by Gasteiger charge is -2.11. The topological polar surface area (TPSA) is 87.7 Å². The molecule has 4 rings (SSSR count). The van der Waals surface area contributed by atoms with Gasteiger partial charge in [-0.25, -0.2) is 9.97 Å². The molecule has 0 radical (unpaired) electrons. The molecule has 0 aliphatic rings. The van der Waals surface area contributed by atoms with Crippen molar-refractivity contribution in [1.29, 1.82) is 0 Å². The van der Waals surface area contributed by atoms with Crippen LogP contribution in [-0.2, 0) is 10.0 Å². The number of rotatable bonds is 4. The Morgan fingerprint density at radius 1 is 1.14 bits per heavy atom. The van der Waals surface area contributed by atoms with Crippen LogP contribution < -0.4 is 4.72 Å². The minimum Gasteiger partial charge on any atom is -0.346 e. The van der Waals surface area contributed by atoms with Gasteiger partial charge in [-0.05, 0) is 30.3 Å². The largest absolute Gasteiger partial charge is 0.516 e. The lowest BCUT2D eigenvalue weighted by molar-refractivity contribution is -0.0429. The van der Waals surface area contributed by atoms with Crippen molar-refractivity contribution in [3.05, 3.63) is 53.1 Å². The van der Waals surface area contributed by atoms with Crippen LogP contribution in [0.25, 0.3) is 32.9 Å². The van der Waals surface area contributed by atoms with Gasteiger partial charge in [0.25, 0.3) is 0 Å². The van der Waals surface area contributed by atoms with E-state index in [0.717, 1.165) is 22.7 Å². The number of thiazole rings is 1. The van der Waals surface area contributed by atoms with Gasteiger partial charge in [-0.3, -0.25) is 4.72 Å². The summed E-state index contributed by atoms with van der Waals surface area (Å²) < 4.78 is 61.5. The van der Waals surface area contributed by atoms with Gasteiger partial charge >= 0.3 is 15.5 Å². The van der Waals surface area contributed by atoms with Crippen LogP contribution in [-0.4, -0.2) is 28.9 Å². The van der Waals surface area contributed by atoms with Crippen molar-refractivity contribution in [1.82, 2.24) is 15.0 Å².